The molecule has 0 aliphatic carbocycles. The van der Waals surface area contributed by atoms with Gasteiger partial charge in [-0.2, -0.15) is 0 Å². The first-order valence-electron chi connectivity index (χ1n) is 4.70. The van der Waals surface area contributed by atoms with Crippen LogP contribution in [0.5, 0.6) is 0 Å². The Morgan fingerprint density at radius 1 is 1.38 bits per heavy atom. The van der Waals surface area contributed by atoms with E-state index in [4.69, 9.17) is 16.3 Å². The molecule has 0 heterocycles. The predicted molar refractivity (Wildman–Crippen MR) is 63.0 cm³/mol. The molecule has 0 bridgehead atoms. The standard InChI is InChI=1S/C12H13ClO3/c1-15-8-11(12(14)16-2)10-6-4-3-5-9(10)7-13/h3-6,8H,7H2,1-2H3/b11-8-. The molecule has 3 nitrogen and oxygen atoms in total. The molecule has 0 amide bonds. The van der Waals surface area contributed by atoms with Gasteiger partial charge in [0.15, 0.2) is 0 Å². The van der Waals surface area contributed by atoms with Gasteiger partial charge in [-0.3, -0.25) is 0 Å². The molecule has 0 aliphatic rings. The van der Waals surface area contributed by atoms with Crippen molar-refractivity contribution < 1.29 is 14.3 Å². The van der Waals surface area contributed by atoms with Gasteiger partial charge in [-0.25, -0.2) is 4.79 Å². The number of alkyl halides is 1. The van der Waals surface area contributed by atoms with Crippen LogP contribution < -0.4 is 0 Å². The van der Waals surface area contributed by atoms with Crippen LogP contribution in [0.25, 0.3) is 5.57 Å². The van der Waals surface area contributed by atoms with Gasteiger partial charge < -0.3 is 9.47 Å². The third kappa shape index (κ3) is 2.76. The third-order valence-electron chi connectivity index (χ3n) is 2.09. The summed E-state index contributed by atoms with van der Waals surface area (Å²) in [5.74, 6) is -0.117. The zero-order chi connectivity index (χ0) is 12.0. The van der Waals surface area contributed by atoms with Crippen molar-refractivity contribution >= 4 is 23.1 Å². The van der Waals surface area contributed by atoms with Crippen molar-refractivity contribution in [2.24, 2.45) is 0 Å². The summed E-state index contributed by atoms with van der Waals surface area (Å²) in [6, 6.07) is 7.36. The number of hydrogen-bond acceptors (Lipinski definition) is 3. The largest absolute Gasteiger partial charge is 0.503 e. The van der Waals surface area contributed by atoms with E-state index < -0.39 is 5.97 Å². The SMILES string of the molecule is CO/C=C(\C(=O)OC)c1ccccc1CCl. The van der Waals surface area contributed by atoms with Gasteiger partial charge >= 0.3 is 5.97 Å². The van der Waals surface area contributed by atoms with E-state index in [1.165, 1.54) is 20.5 Å². The first-order valence-corrected chi connectivity index (χ1v) is 5.23. The number of carbonyl (C=O) groups excluding carboxylic acids is 1. The van der Waals surface area contributed by atoms with Crippen LogP contribution in [0.3, 0.4) is 0 Å². The molecule has 0 N–H and O–H groups in total. The molecule has 0 aromatic heterocycles. The highest BCUT2D eigenvalue weighted by Gasteiger charge is 2.15. The Morgan fingerprint density at radius 3 is 2.62 bits per heavy atom. The minimum atomic E-state index is -0.445. The maximum absolute atomic E-state index is 11.6. The Balaban J connectivity index is 3.21. The minimum absolute atomic E-state index is 0.328. The lowest BCUT2D eigenvalue weighted by Crippen LogP contribution is -2.06. The van der Waals surface area contributed by atoms with Crippen molar-refractivity contribution in [3.8, 4) is 0 Å². The van der Waals surface area contributed by atoms with Crippen LogP contribution in [-0.2, 0) is 20.1 Å². The van der Waals surface area contributed by atoms with Crippen LogP contribution in [0.1, 0.15) is 11.1 Å². The van der Waals surface area contributed by atoms with Gasteiger partial charge in [-0.1, -0.05) is 24.3 Å². The number of rotatable bonds is 4. The lowest BCUT2D eigenvalue weighted by atomic mass is 10.0. The number of methoxy groups -OCH3 is 2. The zero-order valence-corrected chi connectivity index (χ0v) is 9.95. The van der Waals surface area contributed by atoms with Crippen molar-refractivity contribution in [2.45, 2.75) is 5.88 Å². The lowest BCUT2D eigenvalue weighted by Gasteiger charge is -2.09. The molecular weight excluding hydrogens is 228 g/mol. The summed E-state index contributed by atoms with van der Waals surface area (Å²) in [6.07, 6.45) is 1.36. The number of halogens is 1. The minimum Gasteiger partial charge on any atom is -0.503 e. The van der Waals surface area contributed by atoms with Crippen LogP contribution in [0, 0.1) is 0 Å². The molecule has 16 heavy (non-hydrogen) atoms. The number of hydrogen-bond donors (Lipinski definition) is 0. The van der Waals surface area contributed by atoms with Gasteiger partial charge in [0.25, 0.3) is 0 Å². The molecule has 0 saturated carbocycles. The van der Waals surface area contributed by atoms with Crippen LogP contribution in [0.4, 0.5) is 0 Å². The number of ether oxygens (including phenoxy) is 2. The Hall–Kier alpha value is -1.48. The molecule has 0 saturated heterocycles. The van der Waals surface area contributed by atoms with Crippen molar-refractivity contribution in [1.29, 1.82) is 0 Å². The molecule has 0 spiro atoms. The van der Waals surface area contributed by atoms with E-state index in [1.54, 1.807) is 6.07 Å². The molecule has 1 aromatic carbocycles. The Labute approximate surface area is 99.6 Å². The average molecular weight is 241 g/mol. The van der Waals surface area contributed by atoms with Crippen molar-refractivity contribution in [3.05, 3.63) is 41.7 Å². The fraction of sp³-hybridized carbons (Fsp3) is 0.250. The van der Waals surface area contributed by atoms with Crippen LogP contribution in [0.2, 0.25) is 0 Å². The molecule has 0 aliphatic heterocycles. The third-order valence-corrected chi connectivity index (χ3v) is 2.38. The van der Waals surface area contributed by atoms with E-state index in [9.17, 15) is 4.79 Å². The highest BCUT2D eigenvalue weighted by atomic mass is 35.5. The maximum Gasteiger partial charge on any atom is 0.341 e. The topological polar surface area (TPSA) is 35.5 Å². The summed E-state index contributed by atoms with van der Waals surface area (Å²) in [6.45, 7) is 0. The first kappa shape index (κ1) is 12.6. The van der Waals surface area contributed by atoms with Gasteiger partial charge in [0.2, 0.25) is 0 Å². The Bertz CT molecular complexity index is 399. The Kier molecular flexibility index (Phi) is 4.86. The van der Waals surface area contributed by atoms with E-state index in [0.717, 1.165) is 11.1 Å². The molecule has 0 radical (unpaired) electrons. The average Bonchev–Trinajstić information content (AvgIpc) is 2.35. The first-order chi connectivity index (χ1) is 7.74. The van der Waals surface area contributed by atoms with E-state index in [2.05, 4.69) is 4.74 Å². The van der Waals surface area contributed by atoms with Gasteiger partial charge in [0.1, 0.15) is 5.57 Å². The second-order valence-electron chi connectivity index (χ2n) is 3.05. The molecule has 86 valence electrons. The summed E-state index contributed by atoms with van der Waals surface area (Å²) in [4.78, 5) is 11.6. The normalized spacial score (nSPS) is 11.1. The zero-order valence-electron chi connectivity index (χ0n) is 9.20. The molecule has 0 atom stereocenters. The van der Waals surface area contributed by atoms with E-state index >= 15 is 0 Å². The quantitative estimate of drug-likeness (QED) is 0.351. The molecular formula is C12H13ClO3. The molecule has 1 aromatic rings. The van der Waals surface area contributed by atoms with E-state index in [-0.39, 0.29) is 0 Å². The van der Waals surface area contributed by atoms with Gasteiger partial charge in [0.05, 0.1) is 20.5 Å². The molecule has 1 rings (SSSR count). The lowest BCUT2D eigenvalue weighted by molar-refractivity contribution is -0.133. The number of esters is 1. The maximum atomic E-state index is 11.6. The van der Waals surface area contributed by atoms with Crippen molar-refractivity contribution in [2.75, 3.05) is 14.2 Å². The summed E-state index contributed by atoms with van der Waals surface area (Å²) < 4.78 is 9.56. The second-order valence-corrected chi connectivity index (χ2v) is 3.32. The highest BCUT2D eigenvalue weighted by Crippen LogP contribution is 2.22. The number of benzene rings is 1. The van der Waals surface area contributed by atoms with Crippen LogP contribution >= 0.6 is 11.6 Å². The monoisotopic (exact) mass is 240 g/mol. The molecule has 4 heteroatoms. The Morgan fingerprint density at radius 2 is 2.06 bits per heavy atom. The van der Waals surface area contributed by atoms with Crippen molar-refractivity contribution in [1.82, 2.24) is 0 Å². The highest BCUT2D eigenvalue weighted by molar-refractivity contribution is 6.19. The van der Waals surface area contributed by atoms with E-state index in [1.807, 2.05) is 18.2 Å². The summed E-state index contributed by atoms with van der Waals surface area (Å²) in [7, 11) is 2.81. The fourth-order valence-electron chi connectivity index (χ4n) is 1.35. The fourth-order valence-corrected chi connectivity index (χ4v) is 1.58. The summed E-state index contributed by atoms with van der Waals surface area (Å²) in [5, 5.41) is 0. The summed E-state index contributed by atoms with van der Waals surface area (Å²) >= 11 is 5.80. The van der Waals surface area contributed by atoms with Crippen LogP contribution in [0.15, 0.2) is 30.5 Å². The predicted octanol–water partition coefficient (Wildman–Crippen LogP) is 2.59. The van der Waals surface area contributed by atoms with Crippen molar-refractivity contribution in [3.63, 3.8) is 0 Å². The smallest absolute Gasteiger partial charge is 0.341 e. The summed E-state index contributed by atoms with van der Waals surface area (Å²) in [5.41, 5.74) is 1.95. The van der Waals surface area contributed by atoms with Crippen LogP contribution in [-0.4, -0.2) is 20.2 Å². The number of carbonyl (C=O) groups is 1. The molecule has 0 unspecified atom stereocenters. The van der Waals surface area contributed by atoms with E-state index in [0.29, 0.717) is 11.5 Å². The van der Waals surface area contributed by atoms with Gasteiger partial charge in [-0.05, 0) is 11.1 Å². The van der Waals surface area contributed by atoms with Gasteiger partial charge in [-0.15, -0.1) is 11.6 Å². The molecule has 0 fully saturated rings. The second kappa shape index (κ2) is 6.18. The van der Waals surface area contributed by atoms with Gasteiger partial charge in [0, 0.05) is 5.88 Å².